The van der Waals surface area contributed by atoms with E-state index in [1.54, 1.807) is 6.07 Å². The number of aryl methyl sites for hydroxylation is 1. The summed E-state index contributed by atoms with van der Waals surface area (Å²) in [4.78, 5) is 21.6. The van der Waals surface area contributed by atoms with Crippen LogP contribution in [0.25, 0.3) is 0 Å². The lowest BCUT2D eigenvalue weighted by Gasteiger charge is -2.26. The van der Waals surface area contributed by atoms with Crippen LogP contribution in [0, 0.1) is 0 Å². The van der Waals surface area contributed by atoms with Crippen LogP contribution in [-0.4, -0.2) is 52.9 Å². The first kappa shape index (κ1) is 14.3. The third-order valence-electron chi connectivity index (χ3n) is 4.60. The predicted molar refractivity (Wildman–Crippen MR) is 83.1 cm³/mol. The van der Waals surface area contributed by atoms with Crippen molar-refractivity contribution in [2.24, 2.45) is 0 Å². The molecule has 2 aliphatic heterocycles. The maximum Gasteiger partial charge on any atom is 0.254 e. The van der Waals surface area contributed by atoms with Gasteiger partial charge in [0.2, 0.25) is 0 Å². The van der Waals surface area contributed by atoms with E-state index in [0.29, 0.717) is 17.4 Å². The number of carbonyl (C=O) groups is 1. The smallest absolute Gasteiger partial charge is 0.254 e. The molecular formula is C16H24N4O. The van der Waals surface area contributed by atoms with E-state index in [4.69, 9.17) is 5.73 Å². The fraction of sp³-hybridized carbons (Fsp3) is 0.625. The van der Waals surface area contributed by atoms with Crippen molar-refractivity contribution in [1.29, 1.82) is 0 Å². The molecular weight excluding hydrogens is 264 g/mol. The second-order valence-electron chi connectivity index (χ2n) is 6.06. The van der Waals surface area contributed by atoms with E-state index >= 15 is 0 Å². The van der Waals surface area contributed by atoms with E-state index in [1.165, 1.54) is 19.4 Å². The molecule has 0 aliphatic carbocycles. The average molecular weight is 288 g/mol. The van der Waals surface area contributed by atoms with Crippen LogP contribution in [-0.2, 0) is 6.42 Å². The molecule has 0 radical (unpaired) electrons. The van der Waals surface area contributed by atoms with Crippen LogP contribution in [0.1, 0.15) is 42.2 Å². The van der Waals surface area contributed by atoms with Crippen LogP contribution < -0.4 is 5.73 Å². The second-order valence-corrected chi connectivity index (χ2v) is 6.06. The first-order chi connectivity index (χ1) is 10.2. The van der Waals surface area contributed by atoms with Crippen molar-refractivity contribution >= 4 is 11.7 Å². The minimum atomic E-state index is 0.104. The number of aromatic nitrogens is 1. The van der Waals surface area contributed by atoms with Crippen LogP contribution in [0.2, 0.25) is 0 Å². The molecule has 1 amide bonds. The van der Waals surface area contributed by atoms with Crippen LogP contribution in [0.5, 0.6) is 0 Å². The summed E-state index contributed by atoms with van der Waals surface area (Å²) in [5.41, 5.74) is 7.40. The second kappa shape index (κ2) is 6.02. The molecule has 21 heavy (non-hydrogen) atoms. The molecule has 0 bridgehead atoms. The molecule has 0 spiro atoms. The van der Waals surface area contributed by atoms with Crippen molar-refractivity contribution in [1.82, 2.24) is 14.8 Å². The number of fused-ring (bicyclic) bond motifs is 1. The average Bonchev–Trinajstić information content (AvgIpc) is 2.83. The fourth-order valence-corrected chi connectivity index (χ4v) is 3.49. The summed E-state index contributed by atoms with van der Waals surface area (Å²) in [5.74, 6) is 0.544. The Balaban J connectivity index is 1.79. The number of nitrogen functional groups attached to an aromatic ring is 1. The summed E-state index contributed by atoms with van der Waals surface area (Å²) in [5, 5.41) is 0. The number of carbonyl (C=O) groups excluding carboxylic acids is 1. The maximum absolute atomic E-state index is 12.8. The van der Waals surface area contributed by atoms with Gasteiger partial charge in [0.25, 0.3) is 5.91 Å². The lowest BCUT2D eigenvalue weighted by Crippen LogP contribution is -2.39. The number of amides is 1. The molecule has 1 atom stereocenters. The molecule has 2 aliphatic rings. The highest BCUT2D eigenvalue weighted by Crippen LogP contribution is 2.22. The van der Waals surface area contributed by atoms with Gasteiger partial charge in [-0.3, -0.25) is 9.69 Å². The molecule has 0 saturated carbocycles. The number of pyridine rings is 1. The van der Waals surface area contributed by atoms with E-state index < -0.39 is 0 Å². The van der Waals surface area contributed by atoms with Crippen LogP contribution in [0.3, 0.4) is 0 Å². The highest BCUT2D eigenvalue weighted by Gasteiger charge is 2.30. The van der Waals surface area contributed by atoms with Gasteiger partial charge in [0, 0.05) is 36.9 Å². The summed E-state index contributed by atoms with van der Waals surface area (Å²) >= 11 is 0. The zero-order chi connectivity index (χ0) is 14.8. The molecule has 5 nitrogen and oxygen atoms in total. The van der Waals surface area contributed by atoms with Crippen LogP contribution >= 0.6 is 0 Å². The van der Waals surface area contributed by atoms with Gasteiger partial charge in [0.15, 0.2) is 0 Å². The minimum absolute atomic E-state index is 0.104. The number of anilines is 1. The Labute approximate surface area is 126 Å². The Morgan fingerprint density at radius 1 is 1.33 bits per heavy atom. The molecule has 5 heteroatoms. The highest BCUT2D eigenvalue weighted by atomic mass is 16.2. The molecule has 2 saturated heterocycles. The Kier molecular flexibility index (Phi) is 4.10. The normalized spacial score (nSPS) is 22.9. The van der Waals surface area contributed by atoms with Gasteiger partial charge in [0.1, 0.15) is 5.82 Å². The largest absolute Gasteiger partial charge is 0.384 e. The monoisotopic (exact) mass is 288 g/mol. The zero-order valence-electron chi connectivity index (χ0n) is 12.7. The van der Waals surface area contributed by atoms with Gasteiger partial charge in [-0.25, -0.2) is 4.98 Å². The van der Waals surface area contributed by atoms with Crippen molar-refractivity contribution in [3.8, 4) is 0 Å². The van der Waals surface area contributed by atoms with Gasteiger partial charge in [-0.1, -0.05) is 6.92 Å². The van der Waals surface area contributed by atoms with Crippen LogP contribution in [0.4, 0.5) is 5.82 Å². The molecule has 0 aromatic carbocycles. The molecule has 3 heterocycles. The van der Waals surface area contributed by atoms with Crippen LogP contribution in [0.15, 0.2) is 12.1 Å². The molecule has 2 N–H and O–H groups in total. The molecule has 114 valence electrons. The Morgan fingerprint density at radius 2 is 2.14 bits per heavy atom. The van der Waals surface area contributed by atoms with E-state index in [2.05, 4.69) is 9.88 Å². The number of hydrogen-bond donors (Lipinski definition) is 1. The van der Waals surface area contributed by atoms with E-state index in [0.717, 1.165) is 38.2 Å². The summed E-state index contributed by atoms with van der Waals surface area (Å²) in [6.45, 7) is 6.03. The standard InChI is InChI=1S/C16H24N4O/c1-2-13-9-12(10-15(17)18-13)16(21)20-8-4-7-19-6-3-5-14(19)11-20/h9-10,14H,2-8,11H2,1H3,(H2,17,18). The molecule has 1 unspecified atom stereocenters. The lowest BCUT2D eigenvalue weighted by molar-refractivity contribution is 0.0743. The van der Waals surface area contributed by atoms with Gasteiger partial charge >= 0.3 is 0 Å². The number of nitrogens with two attached hydrogens (primary N) is 1. The van der Waals surface area contributed by atoms with Crippen molar-refractivity contribution < 1.29 is 4.79 Å². The topological polar surface area (TPSA) is 62.5 Å². The predicted octanol–water partition coefficient (Wildman–Crippen LogP) is 1.54. The molecule has 3 rings (SSSR count). The van der Waals surface area contributed by atoms with Crippen molar-refractivity contribution in [2.75, 3.05) is 31.9 Å². The maximum atomic E-state index is 12.8. The number of rotatable bonds is 2. The van der Waals surface area contributed by atoms with Gasteiger partial charge in [0.05, 0.1) is 0 Å². The van der Waals surface area contributed by atoms with Crippen molar-refractivity contribution in [3.05, 3.63) is 23.4 Å². The van der Waals surface area contributed by atoms with Gasteiger partial charge < -0.3 is 10.6 Å². The van der Waals surface area contributed by atoms with Gasteiger partial charge in [-0.05, 0) is 44.4 Å². The summed E-state index contributed by atoms with van der Waals surface area (Å²) in [6.07, 6.45) is 4.32. The molecule has 1 aromatic heterocycles. The quantitative estimate of drug-likeness (QED) is 0.896. The lowest BCUT2D eigenvalue weighted by atomic mass is 10.1. The summed E-state index contributed by atoms with van der Waals surface area (Å²) in [6, 6.07) is 4.13. The Bertz CT molecular complexity index is 531. The molecule has 2 fully saturated rings. The highest BCUT2D eigenvalue weighted by molar-refractivity contribution is 5.95. The number of nitrogens with zero attached hydrogens (tertiary/aromatic N) is 3. The Hall–Kier alpha value is -1.62. The van der Waals surface area contributed by atoms with E-state index in [1.807, 2.05) is 17.9 Å². The van der Waals surface area contributed by atoms with Gasteiger partial charge in [-0.15, -0.1) is 0 Å². The summed E-state index contributed by atoms with van der Waals surface area (Å²) in [7, 11) is 0. The fourth-order valence-electron chi connectivity index (χ4n) is 3.49. The number of hydrogen-bond acceptors (Lipinski definition) is 4. The first-order valence-electron chi connectivity index (χ1n) is 7.97. The zero-order valence-corrected chi connectivity index (χ0v) is 12.7. The Morgan fingerprint density at radius 3 is 2.95 bits per heavy atom. The minimum Gasteiger partial charge on any atom is -0.384 e. The first-order valence-corrected chi connectivity index (χ1v) is 7.97. The van der Waals surface area contributed by atoms with Crippen molar-refractivity contribution in [2.45, 2.75) is 38.6 Å². The molecule has 1 aromatic rings. The third kappa shape index (κ3) is 3.02. The van der Waals surface area contributed by atoms with E-state index in [9.17, 15) is 4.79 Å². The van der Waals surface area contributed by atoms with E-state index in [-0.39, 0.29) is 5.91 Å². The van der Waals surface area contributed by atoms with Crippen molar-refractivity contribution in [3.63, 3.8) is 0 Å². The SMILES string of the molecule is CCc1cc(C(=O)N2CCCN3CCCC3C2)cc(N)n1. The summed E-state index contributed by atoms with van der Waals surface area (Å²) < 4.78 is 0. The van der Waals surface area contributed by atoms with Gasteiger partial charge in [-0.2, -0.15) is 0 Å². The third-order valence-corrected chi connectivity index (χ3v) is 4.60.